The lowest BCUT2D eigenvalue weighted by Gasteiger charge is -2.25. The van der Waals surface area contributed by atoms with Crippen molar-refractivity contribution in [1.82, 2.24) is 5.32 Å². The van der Waals surface area contributed by atoms with Gasteiger partial charge < -0.3 is 16.2 Å². The largest absolute Gasteiger partial charge is 0.396 e. The summed E-state index contributed by atoms with van der Waals surface area (Å²) in [6, 6.07) is 0.00604. The van der Waals surface area contributed by atoms with E-state index < -0.39 is 0 Å². The van der Waals surface area contributed by atoms with Crippen molar-refractivity contribution in [2.75, 3.05) is 13.2 Å². The molecule has 0 rings (SSSR count). The molecule has 0 saturated carbocycles. The predicted molar refractivity (Wildman–Crippen MR) is 65.9 cm³/mol. The number of nitrogens with two attached hydrogens (primary N) is 1. The highest BCUT2D eigenvalue weighted by molar-refractivity contribution is 5.79. The second-order valence-electron chi connectivity index (χ2n) is 5.62. The van der Waals surface area contributed by atoms with Crippen molar-refractivity contribution in [3.05, 3.63) is 0 Å². The van der Waals surface area contributed by atoms with Crippen LogP contribution in [0.5, 0.6) is 0 Å². The molecule has 0 fully saturated rings. The zero-order chi connectivity index (χ0) is 12.8. The Kier molecular flexibility index (Phi) is 6.60. The summed E-state index contributed by atoms with van der Waals surface area (Å²) in [5.41, 5.74) is 5.72. The molecule has 0 heterocycles. The Bertz CT molecular complexity index is 212. The molecule has 4 nitrogen and oxygen atoms in total. The fourth-order valence-corrected chi connectivity index (χ4v) is 1.65. The number of carbonyl (C=O) groups excluding carboxylic acids is 1. The molecule has 4 N–H and O–H groups in total. The quantitative estimate of drug-likeness (QED) is 0.634. The van der Waals surface area contributed by atoms with Crippen molar-refractivity contribution in [1.29, 1.82) is 0 Å². The number of hydrogen-bond donors (Lipinski definition) is 3. The maximum Gasteiger partial charge on any atom is 0.224 e. The SMILES string of the molecule is CC(CCO)NC(=O)C(CN)CC(C)(C)C. The van der Waals surface area contributed by atoms with Crippen molar-refractivity contribution in [2.45, 2.75) is 46.6 Å². The van der Waals surface area contributed by atoms with Gasteiger partial charge in [-0.3, -0.25) is 4.79 Å². The van der Waals surface area contributed by atoms with Crippen LogP contribution in [0.15, 0.2) is 0 Å². The summed E-state index contributed by atoms with van der Waals surface area (Å²) < 4.78 is 0. The van der Waals surface area contributed by atoms with Gasteiger partial charge >= 0.3 is 0 Å². The molecule has 96 valence electrons. The summed E-state index contributed by atoms with van der Waals surface area (Å²) in [6.45, 7) is 8.64. The van der Waals surface area contributed by atoms with Gasteiger partial charge in [-0.2, -0.15) is 0 Å². The lowest BCUT2D eigenvalue weighted by Crippen LogP contribution is -2.41. The molecule has 0 aliphatic carbocycles. The smallest absolute Gasteiger partial charge is 0.224 e. The van der Waals surface area contributed by atoms with Crippen LogP contribution in [0.1, 0.15) is 40.5 Å². The number of aliphatic hydroxyl groups excluding tert-OH is 1. The molecule has 0 aromatic carbocycles. The van der Waals surface area contributed by atoms with Gasteiger partial charge in [0.1, 0.15) is 0 Å². The van der Waals surface area contributed by atoms with Gasteiger partial charge in [0, 0.05) is 19.2 Å². The van der Waals surface area contributed by atoms with Crippen LogP contribution >= 0.6 is 0 Å². The molecule has 2 unspecified atom stereocenters. The molecule has 0 aromatic rings. The summed E-state index contributed by atoms with van der Waals surface area (Å²) in [5, 5.41) is 11.6. The van der Waals surface area contributed by atoms with E-state index in [9.17, 15) is 4.79 Å². The van der Waals surface area contributed by atoms with Crippen LogP contribution in [0, 0.1) is 11.3 Å². The first-order chi connectivity index (χ1) is 7.30. The molecule has 0 spiro atoms. The van der Waals surface area contributed by atoms with E-state index in [2.05, 4.69) is 26.1 Å². The fourth-order valence-electron chi connectivity index (χ4n) is 1.65. The molecule has 0 bridgehead atoms. The second-order valence-corrected chi connectivity index (χ2v) is 5.62. The van der Waals surface area contributed by atoms with Gasteiger partial charge in [-0.15, -0.1) is 0 Å². The molecule has 0 aliphatic rings. The molecular formula is C12H26N2O2. The van der Waals surface area contributed by atoms with Crippen molar-refractivity contribution in [3.8, 4) is 0 Å². The Morgan fingerprint density at radius 1 is 1.44 bits per heavy atom. The summed E-state index contributed by atoms with van der Waals surface area (Å²) in [4.78, 5) is 11.9. The van der Waals surface area contributed by atoms with Gasteiger partial charge in [0.05, 0.1) is 5.92 Å². The zero-order valence-electron chi connectivity index (χ0n) is 10.9. The first-order valence-corrected chi connectivity index (χ1v) is 5.91. The molecule has 0 radical (unpaired) electrons. The Morgan fingerprint density at radius 3 is 2.38 bits per heavy atom. The van der Waals surface area contributed by atoms with Gasteiger partial charge in [-0.25, -0.2) is 0 Å². The van der Waals surface area contributed by atoms with E-state index >= 15 is 0 Å². The summed E-state index contributed by atoms with van der Waals surface area (Å²) in [5.74, 6) is -0.139. The first kappa shape index (κ1) is 15.4. The number of hydrogen-bond acceptors (Lipinski definition) is 3. The van der Waals surface area contributed by atoms with Crippen LogP contribution in [0.3, 0.4) is 0 Å². The monoisotopic (exact) mass is 230 g/mol. The Balaban J connectivity index is 4.21. The average molecular weight is 230 g/mol. The Labute approximate surface area is 98.6 Å². The third-order valence-electron chi connectivity index (χ3n) is 2.46. The second kappa shape index (κ2) is 6.86. The highest BCUT2D eigenvalue weighted by Gasteiger charge is 2.24. The zero-order valence-corrected chi connectivity index (χ0v) is 10.9. The average Bonchev–Trinajstić information content (AvgIpc) is 2.12. The molecule has 4 heteroatoms. The predicted octanol–water partition coefficient (Wildman–Crippen LogP) is 0.885. The van der Waals surface area contributed by atoms with Gasteiger partial charge in [-0.1, -0.05) is 20.8 Å². The third kappa shape index (κ3) is 6.80. The number of carbonyl (C=O) groups is 1. The third-order valence-corrected chi connectivity index (χ3v) is 2.46. The van der Waals surface area contributed by atoms with Gasteiger partial charge in [0.2, 0.25) is 5.91 Å². The van der Waals surface area contributed by atoms with E-state index in [1.165, 1.54) is 0 Å². The van der Waals surface area contributed by atoms with Crippen LogP contribution in [0.25, 0.3) is 0 Å². The summed E-state index contributed by atoms with van der Waals surface area (Å²) >= 11 is 0. The molecule has 0 saturated heterocycles. The van der Waals surface area contributed by atoms with E-state index in [0.29, 0.717) is 13.0 Å². The van der Waals surface area contributed by atoms with E-state index in [-0.39, 0.29) is 29.9 Å². The highest BCUT2D eigenvalue weighted by Crippen LogP contribution is 2.24. The van der Waals surface area contributed by atoms with E-state index in [1.807, 2.05) is 6.92 Å². The van der Waals surface area contributed by atoms with Crippen LogP contribution < -0.4 is 11.1 Å². The molecule has 16 heavy (non-hydrogen) atoms. The standard InChI is InChI=1S/C12H26N2O2/c1-9(5-6-15)14-11(16)10(8-13)7-12(2,3)4/h9-10,15H,5-8,13H2,1-4H3,(H,14,16). The maximum atomic E-state index is 11.9. The summed E-state index contributed by atoms with van der Waals surface area (Å²) in [6.07, 6.45) is 1.36. The first-order valence-electron chi connectivity index (χ1n) is 5.91. The topological polar surface area (TPSA) is 75.3 Å². The van der Waals surface area contributed by atoms with Crippen molar-refractivity contribution in [2.24, 2.45) is 17.1 Å². The number of rotatable bonds is 6. The lowest BCUT2D eigenvalue weighted by atomic mass is 9.84. The minimum Gasteiger partial charge on any atom is -0.396 e. The van der Waals surface area contributed by atoms with Crippen LogP contribution in [-0.4, -0.2) is 30.2 Å². The fraction of sp³-hybridized carbons (Fsp3) is 0.917. The van der Waals surface area contributed by atoms with E-state index in [1.54, 1.807) is 0 Å². The molecule has 0 aromatic heterocycles. The molecular weight excluding hydrogens is 204 g/mol. The van der Waals surface area contributed by atoms with Crippen LogP contribution in [0.2, 0.25) is 0 Å². The summed E-state index contributed by atoms with van der Waals surface area (Å²) in [7, 11) is 0. The van der Waals surface area contributed by atoms with Crippen molar-refractivity contribution >= 4 is 5.91 Å². The number of nitrogens with one attached hydrogen (secondary N) is 1. The van der Waals surface area contributed by atoms with Gasteiger partial charge in [-0.05, 0) is 25.2 Å². The van der Waals surface area contributed by atoms with E-state index in [0.717, 1.165) is 6.42 Å². The maximum absolute atomic E-state index is 11.9. The van der Waals surface area contributed by atoms with Crippen molar-refractivity contribution < 1.29 is 9.90 Å². The Morgan fingerprint density at radius 2 is 2.00 bits per heavy atom. The molecule has 0 aliphatic heterocycles. The van der Waals surface area contributed by atoms with Crippen LogP contribution in [-0.2, 0) is 4.79 Å². The van der Waals surface area contributed by atoms with Crippen molar-refractivity contribution in [3.63, 3.8) is 0 Å². The number of aliphatic hydroxyl groups is 1. The van der Waals surface area contributed by atoms with Crippen LogP contribution in [0.4, 0.5) is 0 Å². The van der Waals surface area contributed by atoms with E-state index in [4.69, 9.17) is 10.8 Å². The molecule has 1 amide bonds. The highest BCUT2D eigenvalue weighted by atomic mass is 16.3. The lowest BCUT2D eigenvalue weighted by molar-refractivity contribution is -0.126. The Hall–Kier alpha value is -0.610. The van der Waals surface area contributed by atoms with Gasteiger partial charge in [0.25, 0.3) is 0 Å². The number of amides is 1. The normalized spacial score (nSPS) is 15.6. The van der Waals surface area contributed by atoms with Gasteiger partial charge in [0.15, 0.2) is 0 Å². The minimum absolute atomic E-state index is 0.00150. The minimum atomic E-state index is -0.138. The molecule has 2 atom stereocenters.